The maximum absolute atomic E-state index is 8.99. The minimum Gasteiger partial charge on any atom is -0.456 e. The average Bonchev–Trinajstić information content (AvgIpc) is 4.03. The van der Waals surface area contributed by atoms with Gasteiger partial charge in [0.1, 0.15) is 22.3 Å². The molecule has 4 aromatic heterocycles. The Balaban J connectivity index is 1.15. The van der Waals surface area contributed by atoms with E-state index in [1.807, 2.05) is 71.3 Å². The van der Waals surface area contributed by atoms with Crippen LogP contribution in [0.25, 0.3) is 117 Å². The maximum atomic E-state index is 8.99. The summed E-state index contributed by atoms with van der Waals surface area (Å²) in [5, 5.41) is 4.69. The lowest BCUT2D eigenvalue weighted by atomic mass is 9.99. The maximum Gasteiger partial charge on any atom is 0.238 e. The number of fused-ring (bicyclic) bond motifs is 10. The molecule has 0 radical (unpaired) electrons. The van der Waals surface area contributed by atoms with Crippen LogP contribution in [0.3, 0.4) is 0 Å². The summed E-state index contributed by atoms with van der Waals surface area (Å²) in [6.07, 6.45) is 0. The summed E-state index contributed by atoms with van der Waals surface area (Å²) in [4.78, 5) is 14.9. The summed E-state index contributed by atoms with van der Waals surface area (Å²) in [7, 11) is 0. The third-order valence-electron chi connectivity index (χ3n) is 10.4. The van der Waals surface area contributed by atoms with Crippen LogP contribution in [0.15, 0.2) is 191 Å². The number of nitrogens with zero attached hydrogens (tertiary/aromatic N) is 4. The third-order valence-corrected chi connectivity index (χ3v) is 10.4. The van der Waals surface area contributed by atoms with E-state index in [1.165, 1.54) is 0 Å². The van der Waals surface area contributed by atoms with Gasteiger partial charge in [0.05, 0.1) is 24.7 Å². The standard InChI is InChI=1S/C51H30N4O2/c1-4-13-31(14-5-1)34-23-25-37-41(29-34)55(40-27-28-44-48(47(37)40)38-19-10-11-21-42(38)56-44)51-53-49(33-17-8-3-9-18-33)52-50(54-51)35-24-26-39-45(30-35)57-43-22-12-20-36(46(39)43)32-15-6-2-7-16-32/h1-30H/i2D,3D,6D,7D,8D,9D,15D,16D,17D,18D. The molecule has 0 N–H and O–H groups in total. The van der Waals surface area contributed by atoms with Gasteiger partial charge in [-0.3, -0.25) is 4.57 Å². The van der Waals surface area contributed by atoms with E-state index in [-0.39, 0.29) is 40.8 Å². The number of rotatable bonds is 5. The predicted molar refractivity (Wildman–Crippen MR) is 230 cm³/mol. The Hall–Kier alpha value is -7.83. The summed E-state index contributed by atoms with van der Waals surface area (Å²) < 4.78 is 100. The van der Waals surface area contributed by atoms with Crippen molar-refractivity contribution < 1.29 is 22.5 Å². The van der Waals surface area contributed by atoms with Gasteiger partial charge < -0.3 is 8.83 Å². The van der Waals surface area contributed by atoms with Gasteiger partial charge in [-0.15, -0.1) is 0 Å². The van der Waals surface area contributed by atoms with Crippen LogP contribution < -0.4 is 0 Å². The quantitative estimate of drug-likeness (QED) is 0.176. The molecule has 0 saturated carbocycles. The summed E-state index contributed by atoms with van der Waals surface area (Å²) in [5.41, 5.74) is 6.19. The Morgan fingerprint density at radius 1 is 0.404 bits per heavy atom. The van der Waals surface area contributed by atoms with Crippen LogP contribution in [0.5, 0.6) is 0 Å². The molecule has 12 rings (SSSR count). The molecular weight excluding hydrogens is 701 g/mol. The summed E-state index contributed by atoms with van der Waals surface area (Å²) >= 11 is 0. The van der Waals surface area contributed by atoms with Gasteiger partial charge in [-0.1, -0.05) is 139 Å². The molecule has 8 aromatic carbocycles. The van der Waals surface area contributed by atoms with Crippen molar-refractivity contribution in [2.75, 3.05) is 0 Å². The van der Waals surface area contributed by atoms with E-state index in [1.54, 1.807) is 36.4 Å². The molecule has 0 bridgehead atoms. The third kappa shape index (κ3) is 4.94. The Labute approximate surface area is 340 Å². The lowest BCUT2D eigenvalue weighted by molar-refractivity contribution is 0.669. The number of hydrogen-bond acceptors (Lipinski definition) is 5. The minimum atomic E-state index is -0.557. The van der Waals surface area contributed by atoms with Crippen LogP contribution in [-0.4, -0.2) is 19.5 Å². The molecule has 4 heterocycles. The first kappa shape index (κ1) is 23.2. The van der Waals surface area contributed by atoms with Gasteiger partial charge in [-0.2, -0.15) is 9.97 Å². The van der Waals surface area contributed by atoms with Crippen LogP contribution >= 0.6 is 0 Å². The summed E-state index contributed by atoms with van der Waals surface area (Å²) in [6.45, 7) is 0. The molecule has 0 amide bonds. The van der Waals surface area contributed by atoms with E-state index in [2.05, 4.69) is 18.2 Å². The molecule has 6 heteroatoms. The van der Waals surface area contributed by atoms with Crippen LogP contribution in [0.2, 0.25) is 0 Å². The van der Waals surface area contributed by atoms with Crippen LogP contribution in [0.4, 0.5) is 0 Å². The predicted octanol–water partition coefficient (Wildman–Crippen LogP) is 13.4. The zero-order valence-corrected chi connectivity index (χ0v) is 29.7. The lowest BCUT2D eigenvalue weighted by Gasteiger charge is -2.11. The van der Waals surface area contributed by atoms with Crippen LogP contribution in [-0.2, 0) is 0 Å². The van der Waals surface area contributed by atoms with Crippen molar-refractivity contribution in [1.29, 1.82) is 0 Å². The Kier molecular flexibility index (Phi) is 5.02. The molecule has 6 nitrogen and oxygen atoms in total. The fourth-order valence-corrected chi connectivity index (χ4v) is 7.97. The second kappa shape index (κ2) is 12.3. The molecule has 12 aromatic rings. The summed E-state index contributed by atoms with van der Waals surface area (Å²) in [5.74, 6) is 0.0515. The van der Waals surface area contributed by atoms with E-state index in [0.29, 0.717) is 38.6 Å². The van der Waals surface area contributed by atoms with Gasteiger partial charge in [0, 0.05) is 43.4 Å². The summed E-state index contributed by atoms with van der Waals surface area (Å²) in [6, 6.07) is 33.4. The Bertz CT molecular complexity index is 4070. The largest absolute Gasteiger partial charge is 0.456 e. The normalized spacial score (nSPS) is 14.3. The molecular formula is C51H30N4O2. The highest BCUT2D eigenvalue weighted by Crippen LogP contribution is 2.43. The second-order valence-electron chi connectivity index (χ2n) is 13.6. The molecule has 266 valence electrons. The average molecular weight is 741 g/mol. The number of hydrogen-bond donors (Lipinski definition) is 0. The van der Waals surface area contributed by atoms with Crippen molar-refractivity contribution in [1.82, 2.24) is 19.5 Å². The molecule has 0 aliphatic carbocycles. The molecule has 0 aliphatic rings. The van der Waals surface area contributed by atoms with Gasteiger partial charge in [-0.05, 0) is 64.7 Å². The van der Waals surface area contributed by atoms with Gasteiger partial charge in [-0.25, -0.2) is 4.98 Å². The SMILES string of the molecule is [2H]c1c([2H])c([2H])c(-c2nc(-c3ccc4c(c3)oc3cccc(-c5c([2H])c([2H])c([2H])c([2H])c5[2H])c34)nc(-n3c4cc(-c5ccccc5)ccc4c4c5c(ccc43)oc3ccccc35)n2)c([2H])c1[2H]. The van der Waals surface area contributed by atoms with Crippen molar-refractivity contribution in [2.45, 2.75) is 0 Å². The molecule has 0 unspecified atom stereocenters. The fourth-order valence-electron chi connectivity index (χ4n) is 7.97. The Morgan fingerprint density at radius 3 is 1.91 bits per heavy atom. The first-order valence-electron chi connectivity index (χ1n) is 23.2. The smallest absolute Gasteiger partial charge is 0.238 e. The zero-order valence-electron chi connectivity index (χ0n) is 39.7. The van der Waals surface area contributed by atoms with E-state index in [0.717, 1.165) is 49.3 Å². The minimum absolute atomic E-state index is 0.0380. The molecule has 0 aliphatic heterocycles. The first-order chi connectivity index (χ1) is 32.4. The van der Waals surface area contributed by atoms with E-state index in [4.69, 9.17) is 37.5 Å². The Morgan fingerprint density at radius 2 is 1.07 bits per heavy atom. The van der Waals surface area contributed by atoms with Crippen molar-refractivity contribution in [3.05, 3.63) is 182 Å². The molecule has 57 heavy (non-hydrogen) atoms. The van der Waals surface area contributed by atoms with Crippen LogP contribution in [0, 0.1) is 0 Å². The highest BCUT2D eigenvalue weighted by molar-refractivity contribution is 6.27. The van der Waals surface area contributed by atoms with Crippen molar-refractivity contribution >= 4 is 65.7 Å². The van der Waals surface area contributed by atoms with Crippen molar-refractivity contribution in [3.63, 3.8) is 0 Å². The molecule has 0 fully saturated rings. The first-order valence-corrected chi connectivity index (χ1v) is 18.2. The number of aromatic nitrogens is 4. The van der Waals surface area contributed by atoms with E-state index >= 15 is 0 Å². The van der Waals surface area contributed by atoms with Crippen LogP contribution in [0.1, 0.15) is 13.7 Å². The highest BCUT2D eigenvalue weighted by Gasteiger charge is 2.23. The topological polar surface area (TPSA) is 69.9 Å². The monoisotopic (exact) mass is 740 g/mol. The zero-order chi connectivity index (χ0) is 46.2. The van der Waals surface area contributed by atoms with Gasteiger partial charge in [0.15, 0.2) is 11.6 Å². The fraction of sp³-hybridized carbons (Fsp3) is 0. The highest BCUT2D eigenvalue weighted by atomic mass is 16.3. The van der Waals surface area contributed by atoms with E-state index in [9.17, 15) is 0 Å². The van der Waals surface area contributed by atoms with Gasteiger partial charge in [0.25, 0.3) is 0 Å². The second-order valence-corrected chi connectivity index (χ2v) is 13.6. The molecule has 0 saturated heterocycles. The van der Waals surface area contributed by atoms with E-state index < -0.39 is 48.3 Å². The van der Waals surface area contributed by atoms with Gasteiger partial charge in [0.2, 0.25) is 5.95 Å². The lowest BCUT2D eigenvalue weighted by Crippen LogP contribution is -2.06. The van der Waals surface area contributed by atoms with Crippen molar-refractivity contribution in [2.24, 2.45) is 0 Å². The number of para-hydroxylation sites is 1. The number of benzene rings is 8. The number of furan rings is 2. The van der Waals surface area contributed by atoms with Crippen molar-refractivity contribution in [3.8, 4) is 51.0 Å². The van der Waals surface area contributed by atoms with Gasteiger partial charge >= 0.3 is 0 Å². The molecule has 0 atom stereocenters. The molecule has 0 spiro atoms.